The van der Waals surface area contributed by atoms with Gasteiger partial charge in [0.15, 0.2) is 0 Å². The first-order chi connectivity index (χ1) is 13.6. The second kappa shape index (κ2) is 9.40. The van der Waals surface area contributed by atoms with Gasteiger partial charge < -0.3 is 15.4 Å². The minimum atomic E-state index is -0.0946. The molecule has 5 nitrogen and oxygen atoms in total. The van der Waals surface area contributed by atoms with Crippen LogP contribution in [0.15, 0.2) is 48.5 Å². The summed E-state index contributed by atoms with van der Waals surface area (Å²) in [5.74, 6) is 1.13. The zero-order valence-corrected chi connectivity index (χ0v) is 16.5. The van der Waals surface area contributed by atoms with E-state index in [2.05, 4.69) is 10.6 Å². The smallest absolute Gasteiger partial charge is 0.227 e. The maximum atomic E-state index is 12.4. The first-order valence-corrected chi connectivity index (χ1v) is 9.97. The molecule has 2 aromatic rings. The molecule has 2 aromatic carbocycles. The SMILES string of the molecule is CCOc1ccccc1CCC(=O)NC(C)c1ccc(NC(=O)C2CC2)cc1. The maximum Gasteiger partial charge on any atom is 0.227 e. The van der Waals surface area contributed by atoms with Crippen LogP contribution in [-0.2, 0) is 16.0 Å². The molecule has 3 rings (SSSR count). The molecule has 1 fully saturated rings. The molecule has 5 heteroatoms. The van der Waals surface area contributed by atoms with Crippen molar-refractivity contribution in [3.8, 4) is 5.75 Å². The van der Waals surface area contributed by atoms with Crippen molar-refractivity contribution in [1.82, 2.24) is 5.32 Å². The largest absolute Gasteiger partial charge is 0.494 e. The topological polar surface area (TPSA) is 67.4 Å². The number of para-hydroxylation sites is 1. The fraction of sp³-hybridized carbons (Fsp3) is 0.391. The summed E-state index contributed by atoms with van der Waals surface area (Å²) in [5, 5.41) is 5.97. The average Bonchev–Trinajstić information content (AvgIpc) is 3.53. The Morgan fingerprint density at radius 2 is 1.82 bits per heavy atom. The lowest BCUT2D eigenvalue weighted by molar-refractivity contribution is -0.121. The molecule has 0 spiro atoms. The molecule has 2 N–H and O–H groups in total. The molecule has 2 amide bonds. The number of carbonyl (C=O) groups is 2. The third-order valence-electron chi connectivity index (χ3n) is 4.90. The molecular formula is C23H28N2O3. The van der Waals surface area contributed by atoms with Crippen LogP contribution in [0, 0.1) is 5.92 Å². The lowest BCUT2D eigenvalue weighted by atomic mass is 10.1. The van der Waals surface area contributed by atoms with E-state index < -0.39 is 0 Å². The summed E-state index contributed by atoms with van der Waals surface area (Å²) in [6.45, 7) is 4.52. The van der Waals surface area contributed by atoms with Gasteiger partial charge in [-0.05, 0) is 62.4 Å². The summed E-state index contributed by atoms with van der Waals surface area (Å²) in [6.07, 6.45) is 3.02. The van der Waals surface area contributed by atoms with Gasteiger partial charge in [-0.2, -0.15) is 0 Å². The molecule has 148 valence electrons. The van der Waals surface area contributed by atoms with Crippen molar-refractivity contribution in [2.24, 2.45) is 5.92 Å². The normalized spacial score (nSPS) is 14.2. The molecule has 1 aliphatic carbocycles. The molecule has 0 saturated heterocycles. The number of anilines is 1. The number of benzene rings is 2. The first-order valence-electron chi connectivity index (χ1n) is 9.97. The zero-order chi connectivity index (χ0) is 19.9. The number of carbonyl (C=O) groups excluding carboxylic acids is 2. The van der Waals surface area contributed by atoms with Gasteiger partial charge in [0, 0.05) is 18.0 Å². The highest BCUT2D eigenvalue weighted by Crippen LogP contribution is 2.30. The van der Waals surface area contributed by atoms with E-state index >= 15 is 0 Å². The van der Waals surface area contributed by atoms with E-state index in [9.17, 15) is 9.59 Å². The molecule has 0 heterocycles. The highest BCUT2D eigenvalue weighted by molar-refractivity contribution is 5.94. The van der Waals surface area contributed by atoms with Gasteiger partial charge in [-0.25, -0.2) is 0 Å². The van der Waals surface area contributed by atoms with E-state index in [4.69, 9.17) is 4.74 Å². The van der Waals surface area contributed by atoms with Crippen molar-refractivity contribution < 1.29 is 14.3 Å². The van der Waals surface area contributed by atoms with Gasteiger partial charge >= 0.3 is 0 Å². The van der Waals surface area contributed by atoms with Crippen LogP contribution in [0.5, 0.6) is 5.75 Å². The van der Waals surface area contributed by atoms with E-state index in [1.165, 1.54) is 0 Å². The Hall–Kier alpha value is -2.82. The number of aryl methyl sites for hydroxylation is 1. The minimum absolute atomic E-state index is 0.00455. The van der Waals surface area contributed by atoms with E-state index in [0.29, 0.717) is 19.4 Å². The zero-order valence-electron chi connectivity index (χ0n) is 16.5. The van der Waals surface area contributed by atoms with Gasteiger partial charge in [0.25, 0.3) is 0 Å². The number of hydrogen-bond acceptors (Lipinski definition) is 3. The second-order valence-electron chi connectivity index (χ2n) is 7.22. The summed E-state index contributed by atoms with van der Waals surface area (Å²) in [5.41, 5.74) is 2.85. The highest BCUT2D eigenvalue weighted by Gasteiger charge is 2.29. The van der Waals surface area contributed by atoms with Crippen LogP contribution in [-0.4, -0.2) is 18.4 Å². The minimum Gasteiger partial charge on any atom is -0.494 e. The molecule has 0 radical (unpaired) electrons. The molecular weight excluding hydrogens is 352 g/mol. The molecule has 28 heavy (non-hydrogen) atoms. The van der Waals surface area contributed by atoms with Crippen molar-refractivity contribution in [2.75, 3.05) is 11.9 Å². The van der Waals surface area contributed by atoms with E-state index in [1.54, 1.807) is 0 Å². The maximum absolute atomic E-state index is 12.4. The fourth-order valence-corrected chi connectivity index (χ4v) is 3.10. The van der Waals surface area contributed by atoms with Crippen LogP contribution >= 0.6 is 0 Å². The Morgan fingerprint density at radius 1 is 1.11 bits per heavy atom. The molecule has 0 aliphatic heterocycles. The second-order valence-corrected chi connectivity index (χ2v) is 7.22. The third kappa shape index (κ3) is 5.59. The van der Waals surface area contributed by atoms with Crippen LogP contribution in [0.2, 0.25) is 0 Å². The first kappa shape index (κ1) is 19.9. The molecule has 0 aromatic heterocycles. The van der Waals surface area contributed by atoms with Crippen LogP contribution in [0.4, 0.5) is 5.69 Å². The number of hydrogen-bond donors (Lipinski definition) is 2. The van der Waals surface area contributed by atoms with Gasteiger partial charge in [-0.15, -0.1) is 0 Å². The van der Waals surface area contributed by atoms with Crippen LogP contribution in [0.25, 0.3) is 0 Å². The predicted octanol–water partition coefficient (Wildman–Crippen LogP) is 4.24. The monoisotopic (exact) mass is 380 g/mol. The lowest BCUT2D eigenvalue weighted by Crippen LogP contribution is -2.26. The molecule has 1 aliphatic rings. The molecule has 1 saturated carbocycles. The fourth-order valence-electron chi connectivity index (χ4n) is 3.10. The summed E-state index contributed by atoms with van der Waals surface area (Å²) < 4.78 is 5.62. The van der Waals surface area contributed by atoms with Crippen molar-refractivity contribution in [3.63, 3.8) is 0 Å². The molecule has 1 atom stereocenters. The lowest BCUT2D eigenvalue weighted by Gasteiger charge is -2.16. The van der Waals surface area contributed by atoms with Gasteiger partial charge in [-0.3, -0.25) is 9.59 Å². The Labute approximate surface area is 166 Å². The summed E-state index contributed by atoms with van der Waals surface area (Å²) in [6, 6.07) is 15.4. The van der Waals surface area contributed by atoms with Crippen molar-refractivity contribution in [1.29, 1.82) is 0 Å². The number of amides is 2. The van der Waals surface area contributed by atoms with E-state index in [1.807, 2.05) is 62.4 Å². The standard InChI is InChI=1S/C23H28N2O3/c1-3-28-21-7-5-4-6-18(21)12-15-22(26)24-16(2)17-10-13-20(14-11-17)25-23(27)19-8-9-19/h4-7,10-11,13-14,16,19H,3,8-9,12,15H2,1-2H3,(H,24,26)(H,25,27). The van der Waals surface area contributed by atoms with Gasteiger partial charge in [0.2, 0.25) is 11.8 Å². The number of rotatable bonds is 9. The van der Waals surface area contributed by atoms with E-state index in [0.717, 1.165) is 35.4 Å². The third-order valence-corrected chi connectivity index (χ3v) is 4.90. The summed E-state index contributed by atoms with van der Waals surface area (Å²) in [7, 11) is 0. The quantitative estimate of drug-likeness (QED) is 0.684. The van der Waals surface area contributed by atoms with E-state index in [-0.39, 0.29) is 23.8 Å². The van der Waals surface area contributed by atoms with Crippen LogP contribution in [0.3, 0.4) is 0 Å². The van der Waals surface area contributed by atoms with Crippen LogP contribution < -0.4 is 15.4 Å². The molecule has 1 unspecified atom stereocenters. The average molecular weight is 380 g/mol. The van der Waals surface area contributed by atoms with Crippen molar-refractivity contribution in [2.45, 2.75) is 45.6 Å². The number of nitrogens with one attached hydrogen (secondary N) is 2. The Morgan fingerprint density at radius 3 is 2.50 bits per heavy atom. The number of ether oxygens (including phenoxy) is 1. The van der Waals surface area contributed by atoms with Gasteiger partial charge in [0.05, 0.1) is 12.6 Å². The Kier molecular flexibility index (Phi) is 6.69. The van der Waals surface area contributed by atoms with Crippen LogP contribution in [0.1, 0.15) is 50.3 Å². The summed E-state index contributed by atoms with van der Waals surface area (Å²) >= 11 is 0. The van der Waals surface area contributed by atoms with Gasteiger partial charge in [0.1, 0.15) is 5.75 Å². The molecule has 0 bridgehead atoms. The Balaban J connectivity index is 1.49. The Bertz CT molecular complexity index is 813. The highest BCUT2D eigenvalue weighted by atomic mass is 16.5. The van der Waals surface area contributed by atoms with Crippen molar-refractivity contribution >= 4 is 17.5 Å². The van der Waals surface area contributed by atoms with Gasteiger partial charge in [-0.1, -0.05) is 30.3 Å². The summed E-state index contributed by atoms with van der Waals surface area (Å²) in [4.78, 5) is 24.2. The van der Waals surface area contributed by atoms with Crippen molar-refractivity contribution in [3.05, 3.63) is 59.7 Å². The predicted molar refractivity (Wildman–Crippen MR) is 110 cm³/mol.